The normalized spacial score (nSPS) is 15.2. The lowest BCUT2D eigenvalue weighted by Crippen LogP contribution is -2.41. The van der Waals surface area contributed by atoms with E-state index in [1.165, 1.54) is 36.8 Å². The molecule has 2 heterocycles. The summed E-state index contributed by atoms with van der Waals surface area (Å²) in [6, 6.07) is 0.0883. The molecule has 1 aliphatic carbocycles. The van der Waals surface area contributed by atoms with Gasteiger partial charge >= 0.3 is 6.18 Å². The molecule has 2 N–H and O–H groups in total. The Kier molecular flexibility index (Phi) is 7.12. The first-order chi connectivity index (χ1) is 15.2. The Morgan fingerprint density at radius 2 is 1.88 bits per heavy atom. The van der Waals surface area contributed by atoms with Crippen molar-refractivity contribution in [3.05, 3.63) is 76.5 Å². The molecule has 2 aromatic heterocycles. The van der Waals surface area contributed by atoms with Crippen LogP contribution in [0, 0.1) is 0 Å². The highest BCUT2D eigenvalue weighted by molar-refractivity contribution is 5.99. The average molecular weight is 448 g/mol. The van der Waals surface area contributed by atoms with E-state index in [9.17, 15) is 27.6 Å². The molecule has 1 saturated carbocycles. The van der Waals surface area contributed by atoms with Crippen LogP contribution in [-0.4, -0.2) is 34.1 Å². The number of aromatic nitrogens is 2. The number of hydrogen-bond donors (Lipinski definition) is 2. The largest absolute Gasteiger partial charge is 0.412 e. The molecule has 10 heteroatoms. The Labute approximate surface area is 182 Å². The van der Waals surface area contributed by atoms with Gasteiger partial charge in [-0.3, -0.25) is 19.4 Å². The van der Waals surface area contributed by atoms with Gasteiger partial charge in [-0.25, -0.2) is 0 Å². The van der Waals surface area contributed by atoms with Gasteiger partial charge in [0.15, 0.2) is 6.04 Å². The highest BCUT2D eigenvalue weighted by Gasteiger charge is 2.42. The summed E-state index contributed by atoms with van der Waals surface area (Å²) < 4.78 is 42.5. The predicted molar refractivity (Wildman–Crippen MR) is 111 cm³/mol. The van der Waals surface area contributed by atoms with E-state index in [0.717, 1.165) is 31.9 Å². The van der Waals surface area contributed by atoms with Gasteiger partial charge in [-0.2, -0.15) is 13.2 Å². The van der Waals surface area contributed by atoms with E-state index in [4.69, 9.17) is 0 Å². The van der Waals surface area contributed by atoms with Crippen molar-refractivity contribution in [2.45, 2.75) is 43.9 Å². The fourth-order valence-electron chi connectivity index (χ4n) is 3.70. The number of amides is 2. The smallest absolute Gasteiger partial charge is 0.349 e. The van der Waals surface area contributed by atoms with Crippen molar-refractivity contribution >= 4 is 11.8 Å². The van der Waals surface area contributed by atoms with Gasteiger partial charge in [-0.1, -0.05) is 25.0 Å². The SMILES string of the molecule is C=CCNC(=O)c1cn(C2CCCC2)cc(C(=O)NC(c2cccnc2)C(F)(F)F)c1=O. The summed E-state index contributed by atoms with van der Waals surface area (Å²) in [4.78, 5) is 41.9. The van der Waals surface area contributed by atoms with Crippen molar-refractivity contribution in [2.75, 3.05) is 6.54 Å². The van der Waals surface area contributed by atoms with Crippen molar-refractivity contribution in [1.29, 1.82) is 0 Å². The molecular weight excluding hydrogens is 425 g/mol. The molecule has 1 atom stereocenters. The van der Waals surface area contributed by atoms with Gasteiger partial charge < -0.3 is 15.2 Å². The van der Waals surface area contributed by atoms with Crippen LogP contribution in [0.25, 0.3) is 0 Å². The summed E-state index contributed by atoms with van der Waals surface area (Å²) in [6.45, 7) is 3.58. The van der Waals surface area contributed by atoms with E-state index >= 15 is 0 Å². The van der Waals surface area contributed by atoms with Crippen LogP contribution in [-0.2, 0) is 0 Å². The van der Waals surface area contributed by atoms with Crippen molar-refractivity contribution in [3.8, 4) is 0 Å². The van der Waals surface area contributed by atoms with E-state index in [1.807, 2.05) is 5.32 Å². The van der Waals surface area contributed by atoms with Crippen LogP contribution in [0.2, 0.25) is 0 Å². The molecule has 0 radical (unpaired) electrons. The van der Waals surface area contributed by atoms with Gasteiger partial charge in [0.05, 0.1) is 0 Å². The molecule has 0 saturated heterocycles. The second kappa shape index (κ2) is 9.80. The number of carbonyl (C=O) groups is 2. The zero-order valence-electron chi connectivity index (χ0n) is 17.2. The van der Waals surface area contributed by atoms with E-state index in [1.54, 1.807) is 4.57 Å². The zero-order chi connectivity index (χ0) is 23.3. The number of nitrogens with one attached hydrogen (secondary N) is 2. The summed E-state index contributed by atoms with van der Waals surface area (Å²) >= 11 is 0. The van der Waals surface area contributed by atoms with Crippen LogP contribution >= 0.6 is 0 Å². The minimum atomic E-state index is -4.82. The van der Waals surface area contributed by atoms with Crippen LogP contribution in [0.4, 0.5) is 13.2 Å². The fraction of sp³-hybridized carbons (Fsp3) is 0.364. The summed E-state index contributed by atoms with van der Waals surface area (Å²) in [5, 5.41) is 4.37. The Balaban J connectivity index is 2.01. The van der Waals surface area contributed by atoms with Crippen LogP contribution in [0.3, 0.4) is 0 Å². The van der Waals surface area contributed by atoms with Gasteiger partial charge in [0.25, 0.3) is 11.8 Å². The summed E-state index contributed by atoms with van der Waals surface area (Å²) in [5.41, 5.74) is -2.05. The third-order valence-corrected chi connectivity index (χ3v) is 5.31. The monoisotopic (exact) mass is 448 g/mol. The number of carbonyl (C=O) groups excluding carboxylic acids is 2. The Morgan fingerprint density at radius 1 is 1.22 bits per heavy atom. The molecule has 0 bridgehead atoms. The van der Waals surface area contributed by atoms with Crippen molar-refractivity contribution in [2.24, 2.45) is 0 Å². The maximum atomic E-state index is 13.7. The average Bonchev–Trinajstić information content (AvgIpc) is 3.30. The van der Waals surface area contributed by atoms with Crippen molar-refractivity contribution in [1.82, 2.24) is 20.2 Å². The molecule has 32 heavy (non-hydrogen) atoms. The second-order valence-corrected chi connectivity index (χ2v) is 7.53. The molecule has 2 aromatic rings. The van der Waals surface area contributed by atoms with Gasteiger partial charge in [0.1, 0.15) is 11.1 Å². The number of alkyl halides is 3. The number of rotatable bonds is 7. The standard InChI is InChI=1S/C22H23F3N4O3/c1-2-9-27-20(31)16-12-29(15-7-3-4-8-15)13-17(18(16)30)21(32)28-19(22(23,24)25)14-6-5-10-26-11-14/h2,5-6,10-13,15,19H,1,3-4,7-9H2,(H,27,31)(H,28,32). The molecule has 1 fully saturated rings. The minimum Gasteiger partial charge on any atom is -0.349 e. The van der Waals surface area contributed by atoms with Crippen LogP contribution in [0.5, 0.6) is 0 Å². The molecule has 0 aliphatic heterocycles. The fourth-order valence-corrected chi connectivity index (χ4v) is 3.70. The maximum absolute atomic E-state index is 13.7. The first kappa shape index (κ1) is 23.2. The topological polar surface area (TPSA) is 93.1 Å². The number of halogens is 3. The van der Waals surface area contributed by atoms with E-state index in [-0.39, 0.29) is 23.7 Å². The number of pyridine rings is 2. The maximum Gasteiger partial charge on any atom is 0.412 e. The first-order valence-corrected chi connectivity index (χ1v) is 10.1. The highest BCUT2D eigenvalue weighted by Crippen LogP contribution is 2.33. The third-order valence-electron chi connectivity index (χ3n) is 5.31. The van der Waals surface area contributed by atoms with Gasteiger partial charge in [0, 0.05) is 42.9 Å². The molecule has 170 valence electrons. The molecule has 0 spiro atoms. The summed E-state index contributed by atoms with van der Waals surface area (Å²) in [6.07, 6.45) is 4.93. The lowest BCUT2D eigenvalue weighted by atomic mass is 10.1. The molecule has 0 aromatic carbocycles. The van der Waals surface area contributed by atoms with E-state index < -0.39 is 35.0 Å². The van der Waals surface area contributed by atoms with Gasteiger partial charge in [-0.15, -0.1) is 6.58 Å². The third kappa shape index (κ3) is 5.24. The molecule has 1 unspecified atom stereocenters. The van der Waals surface area contributed by atoms with Crippen molar-refractivity contribution in [3.63, 3.8) is 0 Å². The van der Waals surface area contributed by atoms with E-state index in [0.29, 0.717) is 0 Å². The van der Waals surface area contributed by atoms with Crippen molar-refractivity contribution < 1.29 is 22.8 Å². The van der Waals surface area contributed by atoms with Crippen LogP contribution in [0.1, 0.15) is 64.0 Å². The summed E-state index contributed by atoms with van der Waals surface area (Å²) in [5.74, 6) is -1.94. The summed E-state index contributed by atoms with van der Waals surface area (Å²) in [7, 11) is 0. The van der Waals surface area contributed by atoms with Gasteiger partial charge in [-0.05, 0) is 18.9 Å². The van der Waals surface area contributed by atoms with Crippen LogP contribution in [0.15, 0.2) is 54.4 Å². The highest BCUT2D eigenvalue weighted by atomic mass is 19.4. The Morgan fingerprint density at radius 3 is 2.44 bits per heavy atom. The molecular formula is C22H23F3N4O3. The van der Waals surface area contributed by atoms with Gasteiger partial charge in [0.2, 0.25) is 5.43 Å². The minimum absolute atomic E-state index is 0.0511. The molecule has 1 aliphatic rings. The van der Waals surface area contributed by atoms with Crippen LogP contribution < -0.4 is 16.1 Å². The lowest BCUT2D eigenvalue weighted by molar-refractivity contribution is -0.155. The lowest BCUT2D eigenvalue weighted by Gasteiger charge is -2.22. The molecule has 3 rings (SSSR count). The molecule has 2 amide bonds. The predicted octanol–water partition coefficient (Wildman–Crippen LogP) is 3.31. The number of hydrogen-bond acceptors (Lipinski definition) is 4. The Hall–Kier alpha value is -3.43. The Bertz CT molecular complexity index is 1040. The second-order valence-electron chi connectivity index (χ2n) is 7.53. The first-order valence-electron chi connectivity index (χ1n) is 10.1. The quantitative estimate of drug-likeness (QED) is 0.636. The zero-order valence-corrected chi connectivity index (χ0v) is 17.2. The molecule has 7 nitrogen and oxygen atoms in total. The van der Waals surface area contributed by atoms with E-state index in [2.05, 4.69) is 16.9 Å². The number of nitrogens with zero attached hydrogens (tertiary/aromatic N) is 2.